The predicted molar refractivity (Wildman–Crippen MR) is 160 cm³/mol. The number of anilines is 1. The Labute approximate surface area is 257 Å². The van der Waals surface area contributed by atoms with Gasteiger partial charge in [-0.05, 0) is 73.9 Å². The smallest absolute Gasteiger partial charge is 0.411 e. The standard InChI is InChI=1S/C34H30F3N3O5/c1-18-11-20(33(42)44-3)5-6-24(18)26-15-27(30(41)16-28(26)37)25-7-8-31(39-9-4-10-39)38-29(25)17-40-19(2)32(45-34(40)43)21-12-22(35)14-23(36)13-21/h5-8,11-16,19,32,41H,4,9-10,17H2,1-3H3/t19-,32-/m0/s1. The van der Waals surface area contributed by atoms with E-state index in [4.69, 9.17) is 14.5 Å². The second-order valence-corrected chi connectivity index (χ2v) is 11.3. The first-order valence-electron chi connectivity index (χ1n) is 14.4. The molecule has 4 aromatic rings. The molecule has 0 saturated carbocycles. The molecule has 232 valence electrons. The van der Waals surface area contributed by atoms with Crippen LogP contribution in [0.2, 0.25) is 0 Å². The van der Waals surface area contributed by atoms with Gasteiger partial charge in [0.25, 0.3) is 0 Å². The zero-order valence-electron chi connectivity index (χ0n) is 24.8. The van der Waals surface area contributed by atoms with Gasteiger partial charge in [-0.1, -0.05) is 6.07 Å². The summed E-state index contributed by atoms with van der Waals surface area (Å²) < 4.78 is 53.7. The third-order valence-electron chi connectivity index (χ3n) is 8.38. The molecule has 0 spiro atoms. The Hall–Kier alpha value is -5.06. The van der Waals surface area contributed by atoms with Crippen molar-refractivity contribution in [1.29, 1.82) is 0 Å². The zero-order chi connectivity index (χ0) is 32.0. The van der Waals surface area contributed by atoms with Crippen LogP contribution in [0.1, 0.15) is 46.6 Å². The monoisotopic (exact) mass is 617 g/mol. The number of rotatable bonds is 7. The fourth-order valence-electron chi connectivity index (χ4n) is 5.83. The number of hydrogen-bond acceptors (Lipinski definition) is 7. The van der Waals surface area contributed by atoms with Crippen molar-refractivity contribution in [1.82, 2.24) is 9.88 Å². The quantitative estimate of drug-likeness (QED) is 0.225. The molecule has 0 radical (unpaired) electrons. The van der Waals surface area contributed by atoms with Crippen molar-refractivity contribution >= 4 is 17.9 Å². The molecule has 0 bridgehead atoms. The van der Waals surface area contributed by atoms with Crippen LogP contribution in [-0.2, 0) is 16.0 Å². The number of aromatic nitrogens is 1. The highest BCUT2D eigenvalue weighted by atomic mass is 19.1. The molecule has 3 aromatic carbocycles. The van der Waals surface area contributed by atoms with E-state index < -0.39 is 41.7 Å². The number of nitrogens with zero attached hydrogens (tertiary/aromatic N) is 3. The number of esters is 1. The molecular formula is C34H30F3N3O5. The molecule has 1 N–H and O–H groups in total. The Morgan fingerprint density at radius 1 is 0.978 bits per heavy atom. The highest BCUT2D eigenvalue weighted by Gasteiger charge is 2.40. The predicted octanol–water partition coefficient (Wildman–Crippen LogP) is 6.93. The first-order valence-corrected chi connectivity index (χ1v) is 14.4. The Bertz CT molecular complexity index is 1810. The first-order chi connectivity index (χ1) is 21.5. The summed E-state index contributed by atoms with van der Waals surface area (Å²) in [7, 11) is 1.28. The molecule has 45 heavy (non-hydrogen) atoms. The van der Waals surface area contributed by atoms with Gasteiger partial charge < -0.3 is 19.5 Å². The number of hydrogen-bond donors (Lipinski definition) is 1. The van der Waals surface area contributed by atoms with Crippen molar-refractivity contribution in [2.24, 2.45) is 0 Å². The van der Waals surface area contributed by atoms with Crippen LogP contribution in [0.15, 0.2) is 60.7 Å². The molecular weight excluding hydrogens is 587 g/mol. The van der Waals surface area contributed by atoms with Crippen LogP contribution >= 0.6 is 0 Å². The van der Waals surface area contributed by atoms with Gasteiger partial charge in [0.1, 0.15) is 35.1 Å². The molecule has 0 aliphatic carbocycles. The van der Waals surface area contributed by atoms with Crippen LogP contribution in [0.3, 0.4) is 0 Å². The maximum Gasteiger partial charge on any atom is 0.411 e. The molecule has 2 fully saturated rings. The topological polar surface area (TPSA) is 92.2 Å². The summed E-state index contributed by atoms with van der Waals surface area (Å²) in [5.74, 6) is -2.40. The lowest BCUT2D eigenvalue weighted by Crippen LogP contribution is -2.38. The molecule has 2 aliphatic heterocycles. The third-order valence-corrected chi connectivity index (χ3v) is 8.38. The van der Waals surface area contributed by atoms with Crippen LogP contribution in [0.5, 0.6) is 5.75 Å². The van der Waals surface area contributed by atoms with Crippen LogP contribution < -0.4 is 4.90 Å². The van der Waals surface area contributed by atoms with Gasteiger partial charge in [-0.3, -0.25) is 4.90 Å². The number of pyridine rings is 1. The van der Waals surface area contributed by atoms with Crippen molar-refractivity contribution in [3.8, 4) is 28.0 Å². The summed E-state index contributed by atoms with van der Waals surface area (Å²) in [4.78, 5) is 33.5. The number of phenols is 1. The fraction of sp³-hybridized carbons (Fsp3) is 0.265. The van der Waals surface area contributed by atoms with Gasteiger partial charge in [0.2, 0.25) is 0 Å². The number of carbonyl (C=O) groups excluding carboxylic acids is 2. The van der Waals surface area contributed by atoms with Gasteiger partial charge in [-0.25, -0.2) is 27.7 Å². The number of methoxy groups -OCH3 is 1. The van der Waals surface area contributed by atoms with E-state index in [-0.39, 0.29) is 29.0 Å². The second-order valence-electron chi connectivity index (χ2n) is 11.3. The van der Waals surface area contributed by atoms with Crippen molar-refractivity contribution in [3.63, 3.8) is 0 Å². The lowest BCUT2D eigenvalue weighted by molar-refractivity contribution is 0.0600. The fourth-order valence-corrected chi connectivity index (χ4v) is 5.83. The van der Waals surface area contributed by atoms with Crippen molar-refractivity contribution < 1.29 is 37.3 Å². The normalized spacial score (nSPS) is 17.7. The number of halogens is 3. The van der Waals surface area contributed by atoms with Gasteiger partial charge in [0, 0.05) is 47.5 Å². The van der Waals surface area contributed by atoms with Crippen LogP contribution in [-0.4, -0.2) is 53.3 Å². The van der Waals surface area contributed by atoms with E-state index in [9.17, 15) is 23.5 Å². The molecule has 2 atom stereocenters. The minimum Gasteiger partial charge on any atom is -0.507 e. The maximum absolute atomic E-state index is 15.4. The van der Waals surface area contributed by atoms with E-state index in [1.807, 2.05) is 0 Å². The number of amides is 1. The number of carbonyl (C=O) groups is 2. The summed E-state index contributed by atoms with van der Waals surface area (Å²) in [5, 5.41) is 11.0. The molecule has 3 heterocycles. The third kappa shape index (κ3) is 5.65. The van der Waals surface area contributed by atoms with E-state index in [2.05, 4.69) is 4.90 Å². The molecule has 1 aromatic heterocycles. The molecule has 0 unspecified atom stereocenters. The van der Waals surface area contributed by atoms with Crippen molar-refractivity contribution in [2.75, 3.05) is 25.1 Å². The Kier molecular flexibility index (Phi) is 7.86. The Balaban J connectivity index is 1.40. The summed E-state index contributed by atoms with van der Waals surface area (Å²) in [6.45, 7) is 5.03. The average molecular weight is 618 g/mol. The Morgan fingerprint density at radius 2 is 1.69 bits per heavy atom. The highest BCUT2D eigenvalue weighted by molar-refractivity contribution is 5.91. The minimum atomic E-state index is -0.925. The van der Waals surface area contributed by atoms with Gasteiger partial charge in [-0.15, -0.1) is 0 Å². The number of ether oxygens (including phenoxy) is 2. The van der Waals surface area contributed by atoms with E-state index in [1.54, 1.807) is 38.1 Å². The summed E-state index contributed by atoms with van der Waals surface area (Å²) in [6, 6.07) is 13.3. The number of cyclic esters (lactones) is 1. The largest absolute Gasteiger partial charge is 0.507 e. The molecule has 6 rings (SSSR count). The van der Waals surface area contributed by atoms with Crippen LogP contribution in [0.4, 0.5) is 23.8 Å². The van der Waals surface area contributed by atoms with Crippen LogP contribution in [0, 0.1) is 24.4 Å². The zero-order valence-corrected chi connectivity index (χ0v) is 24.8. The van der Waals surface area contributed by atoms with Gasteiger partial charge in [0.05, 0.1) is 31.0 Å². The second kappa shape index (κ2) is 11.8. The lowest BCUT2D eigenvalue weighted by atomic mass is 9.93. The minimum absolute atomic E-state index is 0.0513. The average Bonchev–Trinajstić information content (AvgIpc) is 3.24. The molecule has 2 saturated heterocycles. The number of benzene rings is 3. The van der Waals surface area contributed by atoms with Crippen LogP contribution in [0.25, 0.3) is 22.3 Å². The Morgan fingerprint density at radius 3 is 2.33 bits per heavy atom. The lowest BCUT2D eigenvalue weighted by Gasteiger charge is -2.33. The maximum atomic E-state index is 15.4. The van der Waals surface area contributed by atoms with Gasteiger partial charge in [-0.2, -0.15) is 0 Å². The van der Waals surface area contributed by atoms with E-state index in [0.717, 1.165) is 43.8 Å². The highest BCUT2D eigenvalue weighted by Crippen LogP contribution is 2.41. The molecule has 8 nitrogen and oxygen atoms in total. The number of phenolic OH excluding ortho intramolecular Hbond substituents is 1. The first kappa shape index (κ1) is 30.0. The van der Waals surface area contributed by atoms with Crippen molar-refractivity contribution in [2.45, 2.75) is 39.0 Å². The van der Waals surface area contributed by atoms with E-state index in [0.29, 0.717) is 33.8 Å². The summed E-state index contributed by atoms with van der Waals surface area (Å²) >= 11 is 0. The van der Waals surface area contributed by atoms with E-state index in [1.165, 1.54) is 24.1 Å². The summed E-state index contributed by atoms with van der Waals surface area (Å²) in [5.41, 5.74) is 2.98. The van der Waals surface area contributed by atoms with Gasteiger partial charge >= 0.3 is 12.1 Å². The van der Waals surface area contributed by atoms with E-state index >= 15 is 4.39 Å². The SMILES string of the molecule is COC(=O)c1ccc(-c2cc(-c3ccc(N4CCC4)nc3CN3C(=O)O[C@H](c4cc(F)cc(F)c4)[C@@H]3C)c(O)cc2F)c(C)c1. The van der Waals surface area contributed by atoms with Gasteiger partial charge in [0.15, 0.2) is 0 Å². The summed E-state index contributed by atoms with van der Waals surface area (Å²) in [6.07, 6.45) is -0.604. The van der Waals surface area contributed by atoms with Crippen molar-refractivity contribution in [3.05, 3.63) is 100 Å². The molecule has 2 aliphatic rings. The molecule has 11 heteroatoms. The number of aromatic hydroxyl groups is 1. The number of aryl methyl sites for hydroxylation is 1. The molecule has 1 amide bonds.